The number of ether oxygens (including phenoxy) is 1. The molecule has 2 saturated carbocycles. The second-order valence-electron chi connectivity index (χ2n) is 16.3. The number of carbonyl (C=O) groups excluding carboxylic acids is 3. The molecule has 1 aliphatic heterocycles. The Labute approximate surface area is 280 Å². The molecule has 0 spiro atoms. The molecule has 7 atom stereocenters. The van der Waals surface area contributed by atoms with Gasteiger partial charge >= 0.3 is 6.09 Å². The van der Waals surface area contributed by atoms with Gasteiger partial charge in [0.15, 0.2) is 0 Å². The number of aliphatic hydroxyl groups is 2. The predicted octanol–water partition coefficient (Wildman–Crippen LogP) is 5.79. The van der Waals surface area contributed by atoms with E-state index in [0.717, 1.165) is 18.4 Å². The number of nitrogens with zero attached hydrogens (tertiary/aromatic N) is 1. The van der Waals surface area contributed by atoms with Crippen molar-refractivity contribution in [2.24, 2.45) is 29.1 Å². The van der Waals surface area contributed by atoms with E-state index in [1.807, 2.05) is 39.8 Å². The van der Waals surface area contributed by atoms with Crippen molar-refractivity contribution in [3.05, 3.63) is 34.9 Å². The number of carbonyl (C=O) groups is 3. The first-order valence-electron chi connectivity index (χ1n) is 17.1. The van der Waals surface area contributed by atoms with Gasteiger partial charge in [0.25, 0.3) is 0 Å². The molecule has 0 radical (unpaired) electrons. The Morgan fingerprint density at radius 1 is 1.04 bits per heavy atom. The molecule has 46 heavy (non-hydrogen) atoms. The summed E-state index contributed by atoms with van der Waals surface area (Å²) >= 11 is 6.10. The smallest absolute Gasteiger partial charge is 0.408 e. The van der Waals surface area contributed by atoms with Crippen LogP contribution in [-0.2, 0) is 19.9 Å². The van der Waals surface area contributed by atoms with E-state index in [4.69, 9.17) is 16.3 Å². The summed E-state index contributed by atoms with van der Waals surface area (Å²) in [6, 6.07) is 5.36. The molecule has 1 aromatic rings. The van der Waals surface area contributed by atoms with E-state index < -0.39 is 46.3 Å². The first kappa shape index (κ1) is 36.5. The zero-order valence-electron chi connectivity index (χ0n) is 29.0. The summed E-state index contributed by atoms with van der Waals surface area (Å²) < 4.78 is 5.54. The quantitative estimate of drug-likeness (QED) is 0.279. The maximum absolute atomic E-state index is 14.1. The number of hydrogen-bond acceptors (Lipinski definition) is 6. The van der Waals surface area contributed by atoms with E-state index in [-0.39, 0.29) is 23.7 Å². The molecule has 4 unspecified atom stereocenters. The number of rotatable bonds is 8. The molecule has 9 nitrogen and oxygen atoms in total. The average Bonchev–Trinajstić information content (AvgIpc) is 2.93. The van der Waals surface area contributed by atoms with Crippen LogP contribution < -0.4 is 10.6 Å². The van der Waals surface area contributed by atoms with Gasteiger partial charge in [-0.15, -0.1) is 0 Å². The number of benzene rings is 1. The van der Waals surface area contributed by atoms with Crippen LogP contribution in [0.15, 0.2) is 24.3 Å². The summed E-state index contributed by atoms with van der Waals surface area (Å²) in [7, 11) is 0. The molecule has 1 saturated heterocycles. The Hall–Kier alpha value is -2.36. The fourth-order valence-corrected chi connectivity index (χ4v) is 8.39. The monoisotopic (exact) mass is 661 g/mol. The molecular weight excluding hydrogens is 606 g/mol. The minimum Gasteiger partial charge on any atom is -0.444 e. The summed E-state index contributed by atoms with van der Waals surface area (Å²) in [5.74, 6) is -0.511. The number of halogens is 1. The van der Waals surface area contributed by atoms with Crippen LogP contribution in [0.2, 0.25) is 5.02 Å². The van der Waals surface area contributed by atoms with E-state index >= 15 is 0 Å². The van der Waals surface area contributed by atoms with E-state index in [9.17, 15) is 24.6 Å². The normalized spacial score (nSPS) is 30.7. The highest BCUT2D eigenvalue weighted by Gasteiger charge is 2.51. The Bertz CT molecular complexity index is 1260. The number of alkyl carbamates (subject to hydrolysis) is 1. The highest BCUT2D eigenvalue weighted by molar-refractivity contribution is 6.30. The molecule has 1 heterocycles. The molecule has 4 rings (SSSR count). The average molecular weight is 662 g/mol. The first-order chi connectivity index (χ1) is 21.3. The summed E-state index contributed by atoms with van der Waals surface area (Å²) in [6.07, 6.45) is 4.14. The van der Waals surface area contributed by atoms with Crippen LogP contribution in [0, 0.1) is 29.1 Å². The van der Waals surface area contributed by atoms with Crippen LogP contribution in [0.3, 0.4) is 0 Å². The Morgan fingerprint density at radius 2 is 1.70 bits per heavy atom. The number of piperidine rings is 1. The van der Waals surface area contributed by atoms with Crippen LogP contribution in [0.5, 0.6) is 0 Å². The lowest BCUT2D eigenvalue weighted by molar-refractivity contribution is -0.157. The van der Waals surface area contributed by atoms with Crippen LogP contribution in [0.4, 0.5) is 4.79 Å². The maximum atomic E-state index is 14.1. The third-order valence-electron chi connectivity index (χ3n) is 10.6. The zero-order valence-corrected chi connectivity index (χ0v) is 29.7. The summed E-state index contributed by atoms with van der Waals surface area (Å²) in [5, 5.41) is 29.8. The molecule has 258 valence electrons. The van der Waals surface area contributed by atoms with Crippen LogP contribution in [-0.4, -0.2) is 69.4 Å². The van der Waals surface area contributed by atoms with Crippen molar-refractivity contribution >= 4 is 29.5 Å². The van der Waals surface area contributed by atoms with E-state index in [0.29, 0.717) is 56.1 Å². The third kappa shape index (κ3) is 8.19. The molecule has 3 amide bonds. The van der Waals surface area contributed by atoms with Crippen molar-refractivity contribution < 1.29 is 29.3 Å². The molecule has 4 N–H and O–H groups in total. The van der Waals surface area contributed by atoms with Crippen molar-refractivity contribution in [2.45, 2.75) is 129 Å². The molecular formula is C36H56ClN3O6. The fraction of sp³-hybridized carbons (Fsp3) is 0.750. The lowest BCUT2D eigenvalue weighted by Crippen LogP contribution is -2.63. The summed E-state index contributed by atoms with van der Waals surface area (Å²) in [6.45, 7) is 15.7. The molecule has 10 heteroatoms. The lowest BCUT2D eigenvalue weighted by atomic mass is 9.60. The van der Waals surface area contributed by atoms with Gasteiger partial charge in [0.2, 0.25) is 11.8 Å². The lowest BCUT2D eigenvalue weighted by Gasteiger charge is -2.51. The van der Waals surface area contributed by atoms with Gasteiger partial charge in [0.05, 0.1) is 11.2 Å². The van der Waals surface area contributed by atoms with E-state index in [2.05, 4.69) is 17.6 Å². The van der Waals surface area contributed by atoms with Gasteiger partial charge in [-0.25, -0.2) is 4.79 Å². The van der Waals surface area contributed by atoms with Gasteiger partial charge in [0, 0.05) is 23.5 Å². The van der Waals surface area contributed by atoms with E-state index in [1.165, 1.54) is 0 Å². The summed E-state index contributed by atoms with van der Waals surface area (Å²) in [4.78, 5) is 43.0. The van der Waals surface area contributed by atoms with Gasteiger partial charge in [-0.05, 0) is 101 Å². The second-order valence-corrected chi connectivity index (χ2v) is 16.8. The maximum Gasteiger partial charge on any atom is 0.408 e. The second kappa shape index (κ2) is 13.6. The Morgan fingerprint density at radius 3 is 2.24 bits per heavy atom. The van der Waals surface area contributed by atoms with Gasteiger partial charge in [-0.3, -0.25) is 9.59 Å². The predicted molar refractivity (Wildman–Crippen MR) is 179 cm³/mol. The molecule has 3 fully saturated rings. The van der Waals surface area contributed by atoms with Crippen molar-refractivity contribution in [2.75, 3.05) is 13.1 Å². The largest absolute Gasteiger partial charge is 0.444 e. The minimum atomic E-state index is -1.16. The van der Waals surface area contributed by atoms with Crippen molar-refractivity contribution in [3.63, 3.8) is 0 Å². The third-order valence-corrected chi connectivity index (χ3v) is 10.9. The molecule has 2 bridgehead atoms. The molecule has 3 aliphatic rings. The number of fused-ring (bicyclic) bond motifs is 2. The topological polar surface area (TPSA) is 128 Å². The molecule has 0 aromatic heterocycles. The minimum absolute atomic E-state index is 0.226. The number of amides is 3. The first-order valence-corrected chi connectivity index (χ1v) is 17.4. The zero-order chi connectivity index (χ0) is 34.2. The number of hydrogen-bond donors (Lipinski definition) is 4. The highest BCUT2D eigenvalue weighted by atomic mass is 35.5. The van der Waals surface area contributed by atoms with Crippen LogP contribution in [0.1, 0.15) is 106 Å². The van der Waals surface area contributed by atoms with Gasteiger partial charge in [0.1, 0.15) is 17.7 Å². The van der Waals surface area contributed by atoms with Gasteiger partial charge in [-0.1, -0.05) is 64.8 Å². The number of likely N-dealkylation sites (tertiary alicyclic amines) is 1. The molecule has 2 aliphatic carbocycles. The SMILES string of the molecule is CCC1CC2CC([C@H](NC(=O)OC(C)(C)C)C(=O)N[C@@H](C(=O)N3CC[C@](O)(c4ccc(Cl)cc4)C(C)(C)C3)C(C)C)CC(O)(C1)C2. The number of nitrogens with one attached hydrogen (secondary N) is 2. The Kier molecular flexibility index (Phi) is 10.8. The van der Waals surface area contributed by atoms with Crippen molar-refractivity contribution in [3.8, 4) is 0 Å². The summed E-state index contributed by atoms with van der Waals surface area (Å²) in [5.41, 5.74) is -2.74. The van der Waals surface area contributed by atoms with Gasteiger partial charge in [-0.2, -0.15) is 0 Å². The van der Waals surface area contributed by atoms with Gasteiger partial charge < -0.3 is 30.5 Å². The van der Waals surface area contributed by atoms with Crippen LogP contribution in [0.25, 0.3) is 0 Å². The Balaban J connectivity index is 1.53. The van der Waals surface area contributed by atoms with Crippen molar-refractivity contribution in [1.29, 1.82) is 0 Å². The van der Waals surface area contributed by atoms with E-state index in [1.54, 1.807) is 37.8 Å². The standard InChI is InChI=1S/C36H56ClN3O6/c1-9-23-16-24-17-25(20-35(44,18-23)19-24)29(39-32(43)46-33(4,5)6)30(41)38-28(22(2)3)31(42)40-15-14-36(45,34(7,8)21-40)26-10-12-27(37)13-11-26/h10-13,22-25,28-29,44-45H,9,14-21H2,1-8H3,(H,38,41)(H,39,43)/t23?,24?,25?,28-,29+,35?,36+/m1/s1. The molecule has 1 aromatic carbocycles. The van der Waals surface area contributed by atoms with Crippen LogP contribution >= 0.6 is 11.6 Å². The highest BCUT2D eigenvalue weighted by Crippen LogP contribution is 2.49. The fourth-order valence-electron chi connectivity index (χ4n) is 8.26. The van der Waals surface area contributed by atoms with Crippen molar-refractivity contribution in [1.82, 2.24) is 15.5 Å².